The standard InChI is InChI=1S/C21H27N3O2/c1-14-9-15(2)11-18(10-14)22-13-19(25)23-16-7-6-8-17(12-16)24-20(26)21(3,4)5/h6-12,22H,13H2,1-5H3,(H,23,25)(H,24,26). The van der Waals surface area contributed by atoms with Gasteiger partial charge in [0.05, 0.1) is 6.54 Å². The zero-order chi connectivity index (χ0) is 19.3. The smallest absolute Gasteiger partial charge is 0.243 e. The van der Waals surface area contributed by atoms with Crippen LogP contribution in [-0.2, 0) is 9.59 Å². The average molecular weight is 353 g/mol. The van der Waals surface area contributed by atoms with Crippen LogP contribution in [0.2, 0.25) is 0 Å². The number of rotatable bonds is 5. The minimum Gasteiger partial charge on any atom is -0.376 e. The molecule has 26 heavy (non-hydrogen) atoms. The van der Waals surface area contributed by atoms with E-state index in [1.54, 1.807) is 24.3 Å². The zero-order valence-corrected chi connectivity index (χ0v) is 16.1. The molecular weight excluding hydrogens is 326 g/mol. The summed E-state index contributed by atoms with van der Waals surface area (Å²) in [7, 11) is 0. The van der Waals surface area contributed by atoms with Crippen molar-refractivity contribution in [2.75, 3.05) is 22.5 Å². The van der Waals surface area contributed by atoms with E-state index in [9.17, 15) is 9.59 Å². The third-order valence-corrected chi connectivity index (χ3v) is 3.76. The van der Waals surface area contributed by atoms with Gasteiger partial charge in [-0.3, -0.25) is 9.59 Å². The first kappa shape index (κ1) is 19.5. The molecule has 0 bridgehead atoms. The fourth-order valence-corrected chi connectivity index (χ4v) is 2.46. The Hall–Kier alpha value is -2.82. The summed E-state index contributed by atoms with van der Waals surface area (Å²) in [5.41, 5.74) is 4.04. The first-order valence-corrected chi connectivity index (χ1v) is 8.67. The molecule has 0 radical (unpaired) electrons. The topological polar surface area (TPSA) is 70.2 Å². The summed E-state index contributed by atoms with van der Waals surface area (Å²) in [6, 6.07) is 13.2. The van der Waals surface area contributed by atoms with Gasteiger partial charge in [0.2, 0.25) is 11.8 Å². The van der Waals surface area contributed by atoms with Crippen LogP contribution in [0.4, 0.5) is 17.1 Å². The minimum atomic E-state index is -0.477. The summed E-state index contributed by atoms with van der Waals surface area (Å²) in [6.45, 7) is 9.78. The van der Waals surface area contributed by atoms with Gasteiger partial charge in [-0.2, -0.15) is 0 Å². The molecule has 2 amide bonds. The maximum atomic E-state index is 12.2. The molecule has 5 nitrogen and oxygen atoms in total. The molecule has 0 aromatic heterocycles. The average Bonchev–Trinajstić information content (AvgIpc) is 2.51. The van der Waals surface area contributed by atoms with Crippen LogP contribution < -0.4 is 16.0 Å². The Morgan fingerprint density at radius 3 is 2.00 bits per heavy atom. The van der Waals surface area contributed by atoms with E-state index in [1.165, 1.54) is 0 Å². The van der Waals surface area contributed by atoms with Crippen molar-refractivity contribution in [2.24, 2.45) is 5.41 Å². The number of carbonyl (C=O) groups is 2. The Labute approximate surface area is 155 Å². The van der Waals surface area contributed by atoms with Crippen LogP contribution >= 0.6 is 0 Å². The van der Waals surface area contributed by atoms with Crippen molar-refractivity contribution in [3.63, 3.8) is 0 Å². The van der Waals surface area contributed by atoms with Crippen LogP contribution in [0.25, 0.3) is 0 Å². The van der Waals surface area contributed by atoms with Crippen molar-refractivity contribution in [2.45, 2.75) is 34.6 Å². The van der Waals surface area contributed by atoms with Crippen molar-refractivity contribution in [1.82, 2.24) is 0 Å². The van der Waals surface area contributed by atoms with Crippen molar-refractivity contribution in [1.29, 1.82) is 0 Å². The van der Waals surface area contributed by atoms with Gasteiger partial charge < -0.3 is 16.0 Å². The van der Waals surface area contributed by atoms with E-state index in [0.29, 0.717) is 11.4 Å². The molecule has 0 saturated heterocycles. The number of benzene rings is 2. The van der Waals surface area contributed by atoms with Gasteiger partial charge in [-0.1, -0.05) is 32.9 Å². The normalized spacial score (nSPS) is 11.0. The largest absolute Gasteiger partial charge is 0.376 e. The Morgan fingerprint density at radius 1 is 0.846 bits per heavy atom. The molecule has 0 spiro atoms. The van der Waals surface area contributed by atoms with Gasteiger partial charge in [-0.15, -0.1) is 0 Å². The molecule has 0 saturated carbocycles. The van der Waals surface area contributed by atoms with E-state index in [2.05, 4.69) is 22.0 Å². The summed E-state index contributed by atoms with van der Waals surface area (Å²) in [5, 5.41) is 8.83. The van der Waals surface area contributed by atoms with Gasteiger partial charge in [0.25, 0.3) is 0 Å². The van der Waals surface area contributed by atoms with E-state index in [4.69, 9.17) is 0 Å². The van der Waals surface area contributed by atoms with Gasteiger partial charge in [0.15, 0.2) is 0 Å². The number of carbonyl (C=O) groups excluding carboxylic acids is 2. The summed E-state index contributed by atoms with van der Waals surface area (Å²) in [4.78, 5) is 24.3. The van der Waals surface area contributed by atoms with Crippen LogP contribution in [0.5, 0.6) is 0 Å². The summed E-state index contributed by atoms with van der Waals surface area (Å²) >= 11 is 0. The lowest BCUT2D eigenvalue weighted by molar-refractivity contribution is -0.123. The first-order chi connectivity index (χ1) is 12.1. The molecule has 2 aromatic rings. The van der Waals surface area contributed by atoms with Gasteiger partial charge >= 0.3 is 0 Å². The lowest BCUT2D eigenvalue weighted by atomic mass is 9.95. The van der Waals surface area contributed by atoms with E-state index >= 15 is 0 Å². The second-order valence-corrected chi connectivity index (χ2v) is 7.56. The maximum absolute atomic E-state index is 12.2. The molecule has 0 heterocycles. The van der Waals surface area contributed by atoms with E-state index in [0.717, 1.165) is 16.8 Å². The quantitative estimate of drug-likeness (QED) is 0.749. The molecule has 2 rings (SSSR count). The van der Waals surface area contributed by atoms with Gasteiger partial charge in [-0.05, 0) is 55.3 Å². The van der Waals surface area contributed by atoms with Crippen LogP contribution in [0.1, 0.15) is 31.9 Å². The third-order valence-electron chi connectivity index (χ3n) is 3.76. The Morgan fingerprint density at radius 2 is 1.42 bits per heavy atom. The molecule has 3 N–H and O–H groups in total. The first-order valence-electron chi connectivity index (χ1n) is 8.67. The summed E-state index contributed by atoms with van der Waals surface area (Å²) in [5.74, 6) is -0.221. The number of hydrogen-bond acceptors (Lipinski definition) is 3. The number of anilines is 3. The molecular formula is C21H27N3O2. The lowest BCUT2D eigenvalue weighted by Crippen LogP contribution is -2.27. The molecule has 2 aromatic carbocycles. The van der Waals surface area contributed by atoms with Crippen molar-refractivity contribution in [3.8, 4) is 0 Å². The van der Waals surface area contributed by atoms with Gasteiger partial charge in [0, 0.05) is 22.5 Å². The minimum absolute atomic E-state index is 0.0718. The second-order valence-electron chi connectivity index (χ2n) is 7.56. The maximum Gasteiger partial charge on any atom is 0.243 e. The van der Waals surface area contributed by atoms with Crippen LogP contribution in [0.3, 0.4) is 0 Å². The van der Waals surface area contributed by atoms with E-state index in [-0.39, 0.29) is 18.4 Å². The van der Waals surface area contributed by atoms with Crippen LogP contribution in [0, 0.1) is 19.3 Å². The second kappa shape index (κ2) is 8.04. The predicted molar refractivity (Wildman–Crippen MR) is 108 cm³/mol. The van der Waals surface area contributed by atoms with Crippen molar-refractivity contribution < 1.29 is 9.59 Å². The van der Waals surface area contributed by atoms with E-state index < -0.39 is 5.41 Å². The molecule has 0 aliphatic heterocycles. The fourth-order valence-electron chi connectivity index (χ4n) is 2.46. The SMILES string of the molecule is Cc1cc(C)cc(NCC(=O)Nc2cccc(NC(=O)C(C)(C)C)c2)c1. The molecule has 0 aliphatic carbocycles. The monoisotopic (exact) mass is 353 g/mol. The van der Waals surface area contributed by atoms with E-state index in [1.807, 2.05) is 46.8 Å². The Kier molecular flexibility index (Phi) is 6.03. The lowest BCUT2D eigenvalue weighted by Gasteiger charge is -2.18. The highest BCUT2D eigenvalue weighted by Gasteiger charge is 2.21. The molecule has 0 atom stereocenters. The Bertz CT molecular complexity index is 787. The highest BCUT2D eigenvalue weighted by Crippen LogP contribution is 2.20. The predicted octanol–water partition coefficient (Wildman–Crippen LogP) is 4.34. The molecule has 5 heteroatoms. The number of nitrogens with one attached hydrogen (secondary N) is 3. The fraction of sp³-hybridized carbons (Fsp3) is 0.333. The molecule has 0 fully saturated rings. The van der Waals surface area contributed by atoms with Gasteiger partial charge in [0.1, 0.15) is 0 Å². The van der Waals surface area contributed by atoms with Crippen molar-refractivity contribution >= 4 is 28.9 Å². The molecule has 138 valence electrons. The van der Waals surface area contributed by atoms with Crippen LogP contribution in [-0.4, -0.2) is 18.4 Å². The highest BCUT2D eigenvalue weighted by molar-refractivity contribution is 5.97. The molecule has 0 unspecified atom stereocenters. The van der Waals surface area contributed by atoms with Gasteiger partial charge in [-0.25, -0.2) is 0 Å². The summed E-state index contributed by atoms with van der Waals surface area (Å²) < 4.78 is 0. The van der Waals surface area contributed by atoms with Crippen molar-refractivity contribution in [3.05, 3.63) is 53.6 Å². The third kappa shape index (κ3) is 5.92. The number of aryl methyl sites for hydroxylation is 2. The zero-order valence-electron chi connectivity index (χ0n) is 16.1. The van der Waals surface area contributed by atoms with Crippen LogP contribution in [0.15, 0.2) is 42.5 Å². The number of hydrogen-bond donors (Lipinski definition) is 3. The summed E-state index contributed by atoms with van der Waals surface area (Å²) in [6.07, 6.45) is 0. The Balaban J connectivity index is 1.94. The number of amides is 2. The highest BCUT2D eigenvalue weighted by atomic mass is 16.2. The molecule has 0 aliphatic rings.